The van der Waals surface area contributed by atoms with Crippen molar-refractivity contribution in [3.8, 4) is 11.1 Å². The summed E-state index contributed by atoms with van der Waals surface area (Å²) in [5.41, 5.74) is 7.93. The third-order valence-corrected chi connectivity index (χ3v) is 7.89. The van der Waals surface area contributed by atoms with E-state index in [9.17, 15) is 23.9 Å². The maximum atomic E-state index is 14.0. The van der Waals surface area contributed by atoms with Gasteiger partial charge in [-0.1, -0.05) is 84.9 Å². The fourth-order valence-electron chi connectivity index (χ4n) is 5.78. The van der Waals surface area contributed by atoms with Crippen LogP contribution in [-0.2, 0) is 15.0 Å². The molecule has 4 aromatic rings. The van der Waals surface area contributed by atoms with Crippen LogP contribution in [0.2, 0.25) is 0 Å². The fraction of sp³-hybridized carbons (Fsp3) is 0.182. The number of aliphatic carboxylic acids is 1. The SMILES string of the molecule is NC(=O)[C@@H](c1ccccc1)C1CC(C(=O)O)(c2ccccc2)CCN1C(=O)c1ccc(-c2ccc(F)cc2)cc1. The molecule has 1 aliphatic heterocycles. The Morgan fingerprint density at radius 3 is 1.93 bits per heavy atom. The molecule has 202 valence electrons. The molecule has 1 heterocycles. The normalized spacial score (nSPS) is 19.5. The molecule has 0 radical (unpaired) electrons. The Morgan fingerprint density at radius 1 is 0.825 bits per heavy atom. The van der Waals surface area contributed by atoms with Gasteiger partial charge in [0.05, 0.1) is 11.3 Å². The highest BCUT2D eigenvalue weighted by atomic mass is 19.1. The summed E-state index contributed by atoms with van der Waals surface area (Å²) in [6.45, 7) is 0.126. The Bertz CT molecular complexity index is 1510. The maximum Gasteiger partial charge on any atom is 0.314 e. The second kappa shape index (κ2) is 11.1. The Balaban J connectivity index is 1.54. The van der Waals surface area contributed by atoms with Crippen molar-refractivity contribution in [2.45, 2.75) is 30.2 Å². The van der Waals surface area contributed by atoms with E-state index in [4.69, 9.17) is 5.73 Å². The van der Waals surface area contributed by atoms with Crippen LogP contribution in [-0.4, -0.2) is 40.4 Å². The number of carboxylic acid groups (broad SMARTS) is 1. The highest BCUT2D eigenvalue weighted by molar-refractivity contribution is 5.96. The number of amides is 2. The van der Waals surface area contributed by atoms with Gasteiger partial charge in [-0.15, -0.1) is 0 Å². The Labute approximate surface area is 231 Å². The molecular weight excluding hydrogens is 507 g/mol. The van der Waals surface area contributed by atoms with Gasteiger partial charge in [0.2, 0.25) is 5.91 Å². The van der Waals surface area contributed by atoms with Crippen LogP contribution in [0.4, 0.5) is 4.39 Å². The Kier molecular flexibility index (Phi) is 7.47. The minimum Gasteiger partial charge on any atom is -0.481 e. The molecule has 2 amide bonds. The molecule has 3 atom stereocenters. The van der Waals surface area contributed by atoms with Gasteiger partial charge in [-0.2, -0.15) is 0 Å². The number of halogens is 1. The van der Waals surface area contributed by atoms with Crippen LogP contribution in [0.25, 0.3) is 11.1 Å². The van der Waals surface area contributed by atoms with E-state index in [1.165, 1.54) is 12.1 Å². The third kappa shape index (κ3) is 5.10. The molecule has 0 aliphatic carbocycles. The van der Waals surface area contributed by atoms with E-state index in [1.807, 2.05) is 12.1 Å². The number of benzene rings is 4. The molecule has 0 aromatic heterocycles. The van der Waals surface area contributed by atoms with E-state index >= 15 is 0 Å². The van der Waals surface area contributed by atoms with Gasteiger partial charge >= 0.3 is 5.97 Å². The standard InChI is InChI=1S/C33H29FN2O4/c34-27-17-15-23(16-18-27)22-11-13-25(14-12-22)31(38)36-20-19-33(32(39)40,26-9-5-2-6-10-26)21-28(36)29(30(35)37)24-7-3-1-4-8-24/h1-18,28-29H,19-21H2,(H2,35,37)(H,39,40)/t28?,29-,33?/m0/s1. The van der Waals surface area contributed by atoms with Crippen molar-refractivity contribution < 1.29 is 23.9 Å². The zero-order valence-electron chi connectivity index (χ0n) is 21.7. The number of carbonyl (C=O) groups excluding carboxylic acids is 2. The zero-order valence-corrected chi connectivity index (χ0v) is 21.7. The number of rotatable bonds is 7. The molecule has 0 spiro atoms. The van der Waals surface area contributed by atoms with E-state index < -0.39 is 29.3 Å². The second-order valence-electron chi connectivity index (χ2n) is 10.1. The average Bonchev–Trinajstić information content (AvgIpc) is 2.98. The molecule has 3 N–H and O–H groups in total. The molecule has 5 rings (SSSR count). The van der Waals surface area contributed by atoms with Crippen LogP contribution >= 0.6 is 0 Å². The van der Waals surface area contributed by atoms with Crippen molar-refractivity contribution in [1.82, 2.24) is 4.90 Å². The predicted molar refractivity (Wildman–Crippen MR) is 150 cm³/mol. The molecule has 6 nitrogen and oxygen atoms in total. The smallest absolute Gasteiger partial charge is 0.314 e. The monoisotopic (exact) mass is 536 g/mol. The van der Waals surface area contributed by atoms with Crippen LogP contribution in [0.3, 0.4) is 0 Å². The molecule has 4 aromatic carbocycles. The number of piperidine rings is 1. The Hall–Kier alpha value is -4.78. The molecular formula is C33H29FN2O4. The van der Waals surface area contributed by atoms with Gasteiger partial charge in [0, 0.05) is 18.2 Å². The number of hydrogen-bond acceptors (Lipinski definition) is 3. The van der Waals surface area contributed by atoms with Gasteiger partial charge < -0.3 is 15.7 Å². The van der Waals surface area contributed by atoms with Crippen LogP contribution in [0.5, 0.6) is 0 Å². The van der Waals surface area contributed by atoms with E-state index in [0.717, 1.165) is 11.1 Å². The van der Waals surface area contributed by atoms with Crippen molar-refractivity contribution in [3.05, 3.63) is 132 Å². The molecule has 2 unspecified atom stereocenters. The van der Waals surface area contributed by atoms with Crippen LogP contribution in [0.1, 0.15) is 40.2 Å². The Morgan fingerprint density at radius 2 is 1.38 bits per heavy atom. The summed E-state index contributed by atoms with van der Waals surface area (Å²) < 4.78 is 13.4. The maximum absolute atomic E-state index is 14.0. The van der Waals surface area contributed by atoms with Crippen LogP contribution in [0, 0.1) is 5.82 Å². The summed E-state index contributed by atoms with van der Waals surface area (Å²) in [5, 5.41) is 10.5. The number of nitrogens with zero attached hydrogens (tertiary/aromatic N) is 1. The summed E-state index contributed by atoms with van der Waals surface area (Å²) in [7, 11) is 0. The van der Waals surface area contributed by atoms with Crippen molar-refractivity contribution in [2.75, 3.05) is 6.54 Å². The van der Waals surface area contributed by atoms with E-state index in [1.54, 1.807) is 89.8 Å². The highest BCUT2D eigenvalue weighted by Gasteiger charge is 2.51. The van der Waals surface area contributed by atoms with E-state index in [2.05, 4.69) is 0 Å². The minimum atomic E-state index is -1.29. The van der Waals surface area contributed by atoms with Gasteiger partial charge in [0.25, 0.3) is 5.91 Å². The number of carbonyl (C=O) groups is 3. The first kappa shape index (κ1) is 26.8. The summed E-state index contributed by atoms with van der Waals surface area (Å²) in [6, 6.07) is 30.1. The van der Waals surface area contributed by atoms with E-state index in [0.29, 0.717) is 16.7 Å². The second-order valence-corrected chi connectivity index (χ2v) is 10.1. The van der Waals surface area contributed by atoms with Crippen molar-refractivity contribution in [3.63, 3.8) is 0 Å². The number of nitrogens with two attached hydrogens (primary N) is 1. The molecule has 0 bridgehead atoms. The van der Waals surface area contributed by atoms with Gasteiger partial charge in [-0.25, -0.2) is 4.39 Å². The topological polar surface area (TPSA) is 101 Å². The van der Waals surface area contributed by atoms with Gasteiger partial charge in [0.15, 0.2) is 0 Å². The largest absolute Gasteiger partial charge is 0.481 e. The summed E-state index contributed by atoms with van der Waals surface area (Å²) >= 11 is 0. The van der Waals surface area contributed by atoms with Gasteiger partial charge in [-0.3, -0.25) is 14.4 Å². The summed E-state index contributed by atoms with van der Waals surface area (Å²) in [4.78, 5) is 41.4. The molecule has 0 saturated carbocycles. The number of carboxylic acids is 1. The fourth-order valence-corrected chi connectivity index (χ4v) is 5.78. The third-order valence-electron chi connectivity index (χ3n) is 7.89. The van der Waals surface area contributed by atoms with Crippen molar-refractivity contribution >= 4 is 17.8 Å². The number of primary amides is 1. The lowest BCUT2D eigenvalue weighted by Crippen LogP contribution is -2.57. The van der Waals surface area contributed by atoms with Gasteiger partial charge in [-0.05, 0) is 59.4 Å². The lowest BCUT2D eigenvalue weighted by atomic mass is 9.67. The van der Waals surface area contributed by atoms with Crippen molar-refractivity contribution in [1.29, 1.82) is 0 Å². The molecule has 1 fully saturated rings. The van der Waals surface area contributed by atoms with Crippen LogP contribution < -0.4 is 5.73 Å². The number of likely N-dealkylation sites (tertiary alicyclic amines) is 1. The first-order chi connectivity index (χ1) is 19.3. The lowest BCUT2D eigenvalue weighted by molar-refractivity contribution is -0.147. The first-order valence-corrected chi connectivity index (χ1v) is 13.1. The quantitative estimate of drug-likeness (QED) is 0.331. The predicted octanol–water partition coefficient (Wildman–Crippen LogP) is 5.39. The lowest BCUT2D eigenvalue weighted by Gasteiger charge is -2.47. The molecule has 40 heavy (non-hydrogen) atoms. The first-order valence-electron chi connectivity index (χ1n) is 13.1. The average molecular weight is 537 g/mol. The zero-order chi connectivity index (χ0) is 28.3. The van der Waals surface area contributed by atoms with E-state index in [-0.39, 0.29) is 31.1 Å². The molecule has 1 saturated heterocycles. The van der Waals surface area contributed by atoms with Crippen molar-refractivity contribution in [2.24, 2.45) is 5.73 Å². The summed E-state index contributed by atoms with van der Waals surface area (Å²) in [5.74, 6) is -3.19. The number of hydrogen-bond donors (Lipinski definition) is 2. The van der Waals surface area contributed by atoms with Crippen LogP contribution in [0.15, 0.2) is 109 Å². The molecule has 1 aliphatic rings. The summed E-state index contributed by atoms with van der Waals surface area (Å²) in [6.07, 6.45) is 0.205. The minimum absolute atomic E-state index is 0.0221. The molecule has 7 heteroatoms. The van der Waals surface area contributed by atoms with Gasteiger partial charge in [0.1, 0.15) is 5.82 Å². The highest BCUT2D eigenvalue weighted by Crippen LogP contribution is 2.43.